The van der Waals surface area contributed by atoms with Gasteiger partial charge in [0.2, 0.25) is 41.4 Å². The predicted molar refractivity (Wildman–Crippen MR) is 288 cm³/mol. The third kappa shape index (κ3) is 34.2. The molecule has 4 fully saturated rings. The highest BCUT2D eigenvalue weighted by atomic mass is 79.9. The first kappa shape index (κ1) is 66.1. The van der Waals surface area contributed by atoms with Crippen LogP contribution in [0.15, 0.2) is 0 Å². The van der Waals surface area contributed by atoms with E-state index in [2.05, 4.69) is 44.5 Å². The van der Waals surface area contributed by atoms with Crippen molar-refractivity contribution in [3.05, 3.63) is 0 Å². The molecule has 4 atom stereocenters. The second kappa shape index (κ2) is 43.9. The summed E-state index contributed by atoms with van der Waals surface area (Å²) >= 11 is 8.06. The second-order valence-electron chi connectivity index (χ2n) is 18.6. The molecule has 18 heteroatoms. The third-order valence-corrected chi connectivity index (χ3v) is 14.6. The largest absolute Gasteiger partial charge is 0.368 e. The predicted octanol–water partition coefficient (Wildman–Crippen LogP) is 7.78. The molecular weight excluding hydrogens is 983 g/mol. The van der Waals surface area contributed by atoms with Crippen molar-refractivity contribution >= 4 is 87.5 Å². The highest BCUT2D eigenvalue weighted by Gasteiger charge is 2.36. The number of amides is 7. The summed E-state index contributed by atoms with van der Waals surface area (Å²) in [6, 6.07) is -1.05. The number of rotatable bonds is 19. The number of nitrogens with zero attached hydrogens (tertiary/aromatic N) is 2. The summed E-state index contributed by atoms with van der Waals surface area (Å²) < 4.78 is 0. The van der Waals surface area contributed by atoms with Gasteiger partial charge in [0.15, 0.2) is 0 Å². The molecule has 0 aromatic rings. The van der Waals surface area contributed by atoms with E-state index in [1.807, 2.05) is 20.8 Å². The Hall–Kier alpha value is -2.86. The van der Waals surface area contributed by atoms with Crippen molar-refractivity contribution < 1.29 is 38.4 Å². The van der Waals surface area contributed by atoms with E-state index in [9.17, 15) is 38.4 Å². The molecule has 2 saturated heterocycles. The number of Topliss-reactive ketones (excluding diaryl/α,β-unsaturated/α-hetero) is 1. The van der Waals surface area contributed by atoms with Crippen molar-refractivity contribution in [3.63, 3.8) is 0 Å². The topological polar surface area (TPSA) is 231 Å². The Kier molecular flexibility index (Phi) is 42.1. The van der Waals surface area contributed by atoms with Crippen molar-refractivity contribution in [3.8, 4) is 0 Å². The lowest BCUT2D eigenvalue weighted by molar-refractivity contribution is -0.136. The van der Waals surface area contributed by atoms with Crippen LogP contribution in [0.4, 0.5) is 0 Å². The Labute approximate surface area is 434 Å². The maximum atomic E-state index is 12.0. The van der Waals surface area contributed by atoms with Crippen LogP contribution in [0.2, 0.25) is 0 Å². The lowest BCUT2D eigenvalue weighted by atomic mass is 10.0. The van der Waals surface area contributed by atoms with Crippen molar-refractivity contribution in [1.82, 2.24) is 25.8 Å². The fraction of sp³-hybridized carbons (Fsp3) is 0.843. The highest BCUT2D eigenvalue weighted by molar-refractivity contribution is 9.09. The van der Waals surface area contributed by atoms with Gasteiger partial charge in [-0.2, -0.15) is 12.6 Å². The number of halogens is 1. The quantitative estimate of drug-likeness (QED) is 0.0547. The molecule has 2 unspecified atom stereocenters. The van der Waals surface area contributed by atoms with Crippen LogP contribution in [0.1, 0.15) is 194 Å². The van der Waals surface area contributed by atoms with Gasteiger partial charge in [-0.15, -0.1) is 11.8 Å². The first-order valence-corrected chi connectivity index (χ1v) is 29.3. The number of nitrogens with one attached hydrogen (secondary N) is 3. The molecule has 4 rings (SSSR count). The first-order chi connectivity index (χ1) is 33.2. The average Bonchev–Trinajstić information content (AvgIpc) is 3.90. The van der Waals surface area contributed by atoms with E-state index in [-0.39, 0.29) is 64.0 Å². The van der Waals surface area contributed by atoms with Gasteiger partial charge >= 0.3 is 0 Å². The summed E-state index contributed by atoms with van der Waals surface area (Å²) in [5.41, 5.74) is 10.6. The van der Waals surface area contributed by atoms with Crippen LogP contribution in [0, 0.1) is 11.8 Å². The smallest absolute Gasteiger partial charge is 0.240 e. The highest BCUT2D eigenvalue weighted by Crippen LogP contribution is 2.25. The fourth-order valence-electron chi connectivity index (χ4n) is 8.64. The van der Waals surface area contributed by atoms with Gasteiger partial charge in [-0.3, -0.25) is 38.4 Å². The van der Waals surface area contributed by atoms with Crippen molar-refractivity contribution in [2.24, 2.45) is 23.3 Å². The Morgan fingerprint density at radius 1 is 0.594 bits per heavy atom. The minimum absolute atomic E-state index is 0.0255. The Balaban J connectivity index is 0.000000906. The SMILES string of the molecule is C1CCCCCCCCC1.C1CCCCCCCCC1.CCC(=O)CS.CC[C@H](C(N)=O)N1CC(CCNC(=O)CBr)CC1=O.CC[C@H](C(N)=O)N1CC(CCNC(=O)CSCC(=O)NC)CC1=O. The Bertz CT molecular complexity index is 1370. The van der Waals surface area contributed by atoms with Gasteiger partial charge in [-0.1, -0.05) is 165 Å². The standard InChI is InChI=1S/C15H26N4O4S.C12H20BrN3O3.2C10H20.C4H8OS/c1-3-11(15(16)23)19-7-10(6-14(19)22)4-5-18-13(21)9-24-8-12(20)17-2;1-2-9(12(14)19)16-7-8(5-11(16)18)3-4-15-10(17)6-13;2*1-2-4-6-8-10-9-7-5-3-1;1-2-4(5)3-6/h10-11H,3-9H2,1-2H3,(H2,16,23)(H,17,20)(H,18,21);8-9H,2-7H2,1H3,(H2,14,19)(H,15,17);2*1-10H2;6H,2-3H2,1H3/t10?,11-;8?,9-;;;/m11.../s1. The molecule has 400 valence electrons. The second-order valence-corrected chi connectivity index (χ2v) is 20.4. The monoisotopic (exact) mass is 1080 g/mol. The van der Waals surface area contributed by atoms with Crippen LogP contribution in [0.5, 0.6) is 0 Å². The maximum Gasteiger partial charge on any atom is 0.240 e. The lowest BCUT2D eigenvalue weighted by Crippen LogP contribution is -2.45. The van der Waals surface area contributed by atoms with Gasteiger partial charge in [-0.05, 0) is 37.5 Å². The summed E-state index contributed by atoms with van der Waals surface area (Å²) in [4.78, 5) is 93.5. The van der Waals surface area contributed by atoms with Crippen LogP contribution in [0.25, 0.3) is 0 Å². The number of primary amides is 2. The Morgan fingerprint density at radius 2 is 0.913 bits per heavy atom. The van der Waals surface area contributed by atoms with Crippen molar-refractivity contribution in [1.29, 1.82) is 0 Å². The molecule has 4 aliphatic rings. The molecule has 7 amide bonds. The molecule has 2 aliphatic carbocycles. The maximum absolute atomic E-state index is 12.0. The average molecular weight is 1080 g/mol. The van der Waals surface area contributed by atoms with Crippen molar-refractivity contribution in [2.45, 2.75) is 206 Å². The summed E-state index contributed by atoms with van der Waals surface area (Å²) in [6.07, 6.45) is 33.9. The lowest BCUT2D eigenvalue weighted by Gasteiger charge is -2.24. The number of hydrogen-bond donors (Lipinski definition) is 6. The summed E-state index contributed by atoms with van der Waals surface area (Å²) in [5.74, 6) is 0.0358. The fourth-order valence-corrected chi connectivity index (χ4v) is 9.78. The zero-order valence-corrected chi connectivity index (χ0v) is 46.4. The molecule has 0 aromatic heterocycles. The van der Waals surface area contributed by atoms with E-state index in [4.69, 9.17) is 11.5 Å². The number of thiol groups is 1. The van der Waals surface area contributed by atoms with Crippen LogP contribution < -0.4 is 27.4 Å². The van der Waals surface area contributed by atoms with E-state index < -0.39 is 23.9 Å². The number of ketones is 1. The minimum atomic E-state index is -0.543. The van der Waals surface area contributed by atoms with E-state index in [0.717, 1.165) is 6.42 Å². The van der Waals surface area contributed by atoms with Gasteiger partial charge in [0.05, 0.1) is 16.8 Å². The number of carbonyl (C=O) groups is 8. The Morgan fingerprint density at radius 3 is 1.16 bits per heavy atom. The number of nitrogens with two attached hydrogens (primary N) is 2. The molecular formula is C51H94BrN7O8S2. The molecule has 0 radical (unpaired) electrons. The zero-order chi connectivity index (χ0) is 51.7. The summed E-state index contributed by atoms with van der Waals surface area (Å²) in [6.45, 7) is 7.56. The molecule has 2 saturated carbocycles. The summed E-state index contributed by atoms with van der Waals surface area (Å²) in [5, 5.41) is 8.30. The zero-order valence-electron chi connectivity index (χ0n) is 43.1. The van der Waals surface area contributed by atoms with E-state index in [1.54, 1.807) is 16.8 Å². The van der Waals surface area contributed by atoms with Crippen LogP contribution in [0.3, 0.4) is 0 Å². The molecule has 0 aromatic carbocycles. The van der Waals surface area contributed by atoms with Crippen molar-refractivity contribution in [2.75, 3.05) is 55.8 Å². The molecule has 2 aliphatic heterocycles. The van der Waals surface area contributed by atoms with Crippen LogP contribution >= 0.6 is 40.3 Å². The van der Waals surface area contributed by atoms with Gasteiger partial charge < -0.3 is 37.2 Å². The first-order valence-electron chi connectivity index (χ1n) is 26.4. The van der Waals surface area contributed by atoms with Gasteiger partial charge in [-0.25, -0.2) is 0 Å². The third-order valence-electron chi connectivity index (χ3n) is 12.8. The number of alkyl halides is 1. The molecule has 0 spiro atoms. The molecule has 69 heavy (non-hydrogen) atoms. The molecule has 7 N–H and O–H groups in total. The van der Waals surface area contributed by atoms with Gasteiger partial charge in [0, 0.05) is 58.2 Å². The number of carbonyl (C=O) groups excluding carboxylic acids is 8. The number of thioether (sulfide) groups is 1. The van der Waals surface area contributed by atoms with E-state index in [0.29, 0.717) is 70.5 Å². The normalized spacial score (nSPS) is 19.7. The van der Waals surface area contributed by atoms with E-state index >= 15 is 0 Å². The number of likely N-dealkylation sites (tertiary alicyclic amines) is 2. The van der Waals surface area contributed by atoms with Gasteiger partial charge in [0.25, 0.3) is 0 Å². The minimum Gasteiger partial charge on any atom is -0.368 e. The summed E-state index contributed by atoms with van der Waals surface area (Å²) in [7, 11) is 1.55. The number of hydrogen-bond acceptors (Lipinski definition) is 10. The van der Waals surface area contributed by atoms with Crippen LogP contribution in [-0.2, 0) is 38.4 Å². The van der Waals surface area contributed by atoms with Gasteiger partial charge in [0.1, 0.15) is 17.9 Å². The van der Waals surface area contributed by atoms with Crippen LogP contribution in [-0.4, -0.2) is 125 Å². The molecule has 0 bridgehead atoms. The molecule has 2 heterocycles. The molecule has 15 nitrogen and oxygen atoms in total. The van der Waals surface area contributed by atoms with E-state index in [1.165, 1.54) is 140 Å².